The lowest BCUT2D eigenvalue weighted by Gasteiger charge is -2.28. The van der Waals surface area contributed by atoms with Crippen LogP contribution >= 0.6 is 0 Å². The van der Waals surface area contributed by atoms with Crippen LogP contribution in [-0.4, -0.2) is 30.5 Å². The minimum absolute atomic E-state index is 0.194. The summed E-state index contributed by atoms with van der Waals surface area (Å²) in [5.41, 5.74) is 2.36. The lowest BCUT2D eigenvalue weighted by molar-refractivity contribution is 0.0900. The fraction of sp³-hybridized carbons (Fsp3) is 0.647. The molecule has 1 saturated carbocycles. The first-order chi connectivity index (χ1) is 10.2. The van der Waals surface area contributed by atoms with Crippen LogP contribution in [-0.2, 0) is 13.0 Å². The summed E-state index contributed by atoms with van der Waals surface area (Å²) in [5, 5.41) is 13.6. The van der Waals surface area contributed by atoms with Gasteiger partial charge in [-0.25, -0.2) is 0 Å². The van der Waals surface area contributed by atoms with Crippen molar-refractivity contribution >= 4 is 0 Å². The molecule has 1 aromatic rings. The van der Waals surface area contributed by atoms with E-state index in [4.69, 9.17) is 9.47 Å². The van der Waals surface area contributed by atoms with Gasteiger partial charge < -0.3 is 19.9 Å². The molecule has 1 aliphatic heterocycles. The lowest BCUT2D eigenvalue weighted by atomic mass is 9.92. The minimum Gasteiger partial charge on any atom is -0.497 e. The highest BCUT2D eigenvalue weighted by atomic mass is 16.5. The van der Waals surface area contributed by atoms with Gasteiger partial charge in [-0.2, -0.15) is 0 Å². The Kier molecular flexibility index (Phi) is 4.36. The fourth-order valence-electron chi connectivity index (χ4n) is 3.42. The molecule has 0 spiro atoms. The van der Waals surface area contributed by atoms with Gasteiger partial charge in [-0.05, 0) is 31.9 Å². The summed E-state index contributed by atoms with van der Waals surface area (Å²) in [6.45, 7) is 2.81. The van der Waals surface area contributed by atoms with Gasteiger partial charge in [0, 0.05) is 30.1 Å². The predicted molar refractivity (Wildman–Crippen MR) is 81.9 cm³/mol. The highest BCUT2D eigenvalue weighted by molar-refractivity contribution is 5.49. The number of benzene rings is 1. The van der Waals surface area contributed by atoms with E-state index in [1.54, 1.807) is 7.11 Å². The number of rotatable bonds is 4. The highest BCUT2D eigenvalue weighted by Crippen LogP contribution is 2.36. The maximum Gasteiger partial charge on any atom is 0.127 e. The number of aliphatic hydroxyl groups excluding tert-OH is 1. The van der Waals surface area contributed by atoms with Crippen LogP contribution in [0, 0.1) is 0 Å². The Labute approximate surface area is 126 Å². The number of aliphatic hydroxyl groups is 1. The molecule has 3 unspecified atom stereocenters. The molecular weight excluding hydrogens is 266 g/mol. The van der Waals surface area contributed by atoms with E-state index in [1.165, 1.54) is 12.0 Å². The van der Waals surface area contributed by atoms with E-state index in [1.807, 2.05) is 6.07 Å². The average molecular weight is 291 g/mol. The van der Waals surface area contributed by atoms with Gasteiger partial charge in [0.05, 0.1) is 13.2 Å². The molecule has 1 fully saturated rings. The van der Waals surface area contributed by atoms with Gasteiger partial charge in [-0.1, -0.05) is 12.8 Å². The Morgan fingerprint density at radius 3 is 2.90 bits per heavy atom. The molecule has 116 valence electrons. The molecule has 0 aromatic heterocycles. The molecular formula is C17H25NO3. The third-order valence-corrected chi connectivity index (χ3v) is 4.56. The quantitative estimate of drug-likeness (QED) is 0.894. The summed E-state index contributed by atoms with van der Waals surface area (Å²) in [4.78, 5) is 0. The van der Waals surface area contributed by atoms with Crippen LogP contribution in [0.1, 0.15) is 43.7 Å². The van der Waals surface area contributed by atoms with Crippen LogP contribution in [0.2, 0.25) is 0 Å². The number of hydrogen-bond donors (Lipinski definition) is 2. The second-order valence-electron chi connectivity index (χ2n) is 6.25. The Morgan fingerprint density at radius 2 is 2.14 bits per heavy atom. The molecule has 4 heteroatoms. The molecule has 2 aliphatic rings. The molecule has 1 aromatic carbocycles. The van der Waals surface area contributed by atoms with Gasteiger partial charge in [0.1, 0.15) is 17.6 Å². The average Bonchev–Trinajstić information content (AvgIpc) is 2.86. The number of methoxy groups -OCH3 is 1. The second-order valence-corrected chi connectivity index (χ2v) is 6.25. The van der Waals surface area contributed by atoms with Crippen molar-refractivity contribution in [2.45, 2.75) is 63.8 Å². The zero-order chi connectivity index (χ0) is 14.8. The molecule has 3 rings (SSSR count). The SMILES string of the molecule is COc1cc(CNC2CCCCC2O)c2c(c1)CC(C)O2. The standard InChI is InChI=1S/C17H25NO3/c1-11-7-12-8-14(20-2)9-13(17(12)21-11)10-18-15-5-3-4-6-16(15)19/h8-9,11,15-16,18-19H,3-7,10H2,1-2H3. The molecule has 0 bridgehead atoms. The van der Waals surface area contributed by atoms with Crippen molar-refractivity contribution in [2.24, 2.45) is 0 Å². The molecule has 21 heavy (non-hydrogen) atoms. The summed E-state index contributed by atoms with van der Waals surface area (Å²) < 4.78 is 11.3. The highest BCUT2D eigenvalue weighted by Gasteiger charge is 2.26. The van der Waals surface area contributed by atoms with Gasteiger partial charge in [0.15, 0.2) is 0 Å². The first-order valence-electron chi connectivity index (χ1n) is 7.95. The van der Waals surface area contributed by atoms with Crippen molar-refractivity contribution in [3.8, 4) is 11.5 Å². The van der Waals surface area contributed by atoms with E-state index in [-0.39, 0.29) is 18.2 Å². The Hall–Kier alpha value is -1.26. The van der Waals surface area contributed by atoms with Gasteiger partial charge in [-0.3, -0.25) is 0 Å². The molecule has 0 amide bonds. The zero-order valence-electron chi connectivity index (χ0n) is 12.9. The molecule has 0 saturated heterocycles. The van der Waals surface area contributed by atoms with Crippen molar-refractivity contribution < 1.29 is 14.6 Å². The number of fused-ring (bicyclic) bond motifs is 1. The van der Waals surface area contributed by atoms with Crippen LogP contribution in [0.5, 0.6) is 11.5 Å². The van der Waals surface area contributed by atoms with Crippen LogP contribution in [0.4, 0.5) is 0 Å². The molecule has 1 aliphatic carbocycles. The zero-order valence-corrected chi connectivity index (χ0v) is 12.9. The van der Waals surface area contributed by atoms with Crippen molar-refractivity contribution in [2.75, 3.05) is 7.11 Å². The lowest BCUT2D eigenvalue weighted by Crippen LogP contribution is -2.41. The van der Waals surface area contributed by atoms with Crippen molar-refractivity contribution in [1.29, 1.82) is 0 Å². The monoisotopic (exact) mass is 291 g/mol. The summed E-state index contributed by atoms with van der Waals surface area (Å²) in [6, 6.07) is 4.30. The summed E-state index contributed by atoms with van der Waals surface area (Å²) in [6.07, 6.45) is 5.22. The van der Waals surface area contributed by atoms with Crippen LogP contribution in [0.25, 0.3) is 0 Å². The Morgan fingerprint density at radius 1 is 1.33 bits per heavy atom. The van der Waals surface area contributed by atoms with Gasteiger partial charge >= 0.3 is 0 Å². The molecule has 3 atom stereocenters. The third kappa shape index (κ3) is 3.16. The third-order valence-electron chi connectivity index (χ3n) is 4.56. The number of nitrogens with one attached hydrogen (secondary N) is 1. The number of hydrogen-bond acceptors (Lipinski definition) is 4. The van der Waals surface area contributed by atoms with E-state index >= 15 is 0 Å². The van der Waals surface area contributed by atoms with E-state index in [0.29, 0.717) is 6.54 Å². The van der Waals surface area contributed by atoms with E-state index in [9.17, 15) is 5.11 Å². The Bertz CT molecular complexity index is 503. The smallest absolute Gasteiger partial charge is 0.127 e. The maximum absolute atomic E-state index is 10.1. The topological polar surface area (TPSA) is 50.7 Å². The summed E-state index contributed by atoms with van der Waals surface area (Å²) in [7, 11) is 1.70. The van der Waals surface area contributed by atoms with Crippen LogP contribution in [0.15, 0.2) is 12.1 Å². The van der Waals surface area contributed by atoms with Crippen molar-refractivity contribution in [1.82, 2.24) is 5.32 Å². The van der Waals surface area contributed by atoms with Crippen LogP contribution in [0.3, 0.4) is 0 Å². The van der Waals surface area contributed by atoms with Crippen LogP contribution < -0.4 is 14.8 Å². The van der Waals surface area contributed by atoms with E-state index < -0.39 is 0 Å². The normalized spacial score (nSPS) is 28.0. The second kappa shape index (κ2) is 6.24. The largest absolute Gasteiger partial charge is 0.497 e. The molecule has 2 N–H and O–H groups in total. The first kappa shape index (κ1) is 14.7. The summed E-state index contributed by atoms with van der Waals surface area (Å²) >= 11 is 0. The molecule has 4 nitrogen and oxygen atoms in total. The number of ether oxygens (including phenoxy) is 2. The molecule has 1 heterocycles. The molecule has 0 radical (unpaired) electrons. The maximum atomic E-state index is 10.1. The predicted octanol–water partition coefficient (Wildman–Crippen LogP) is 2.41. The fourth-order valence-corrected chi connectivity index (χ4v) is 3.42. The first-order valence-corrected chi connectivity index (χ1v) is 7.95. The summed E-state index contributed by atoms with van der Waals surface area (Å²) in [5.74, 6) is 1.88. The van der Waals surface area contributed by atoms with Crippen molar-refractivity contribution in [3.63, 3.8) is 0 Å². The van der Waals surface area contributed by atoms with Gasteiger partial charge in [0.2, 0.25) is 0 Å². The van der Waals surface area contributed by atoms with E-state index in [0.717, 1.165) is 42.7 Å². The van der Waals surface area contributed by atoms with Gasteiger partial charge in [0.25, 0.3) is 0 Å². The van der Waals surface area contributed by atoms with E-state index in [2.05, 4.69) is 18.3 Å². The van der Waals surface area contributed by atoms with Gasteiger partial charge in [-0.15, -0.1) is 0 Å². The minimum atomic E-state index is -0.225. The van der Waals surface area contributed by atoms with Crippen molar-refractivity contribution in [3.05, 3.63) is 23.3 Å². The Balaban J connectivity index is 1.74.